The van der Waals surface area contributed by atoms with E-state index in [0.717, 1.165) is 25.7 Å². The van der Waals surface area contributed by atoms with Gasteiger partial charge in [0, 0.05) is 19.3 Å². The van der Waals surface area contributed by atoms with Crippen LogP contribution in [0.3, 0.4) is 0 Å². The van der Waals surface area contributed by atoms with Gasteiger partial charge in [0.1, 0.15) is 5.69 Å². The molecule has 1 aromatic heterocycles. The number of carbonyl (C=O) groups is 1. The SMILES string of the molecule is COc1ncccc1NC(=O)N(C)C1CCC(c2ccccc2)CC1. The van der Waals surface area contributed by atoms with Crippen LogP contribution in [0.4, 0.5) is 10.5 Å². The van der Waals surface area contributed by atoms with E-state index in [1.54, 1.807) is 25.4 Å². The average Bonchev–Trinajstić information content (AvgIpc) is 2.68. The number of pyridine rings is 1. The van der Waals surface area contributed by atoms with E-state index in [-0.39, 0.29) is 12.1 Å². The zero-order valence-corrected chi connectivity index (χ0v) is 14.8. The summed E-state index contributed by atoms with van der Waals surface area (Å²) in [6.07, 6.45) is 5.91. The van der Waals surface area contributed by atoms with Crippen molar-refractivity contribution in [2.24, 2.45) is 0 Å². The Labute approximate surface area is 149 Å². The smallest absolute Gasteiger partial charge is 0.321 e. The molecule has 1 heterocycles. The molecule has 0 aliphatic heterocycles. The van der Waals surface area contributed by atoms with Crippen LogP contribution in [0.1, 0.15) is 37.2 Å². The first-order chi connectivity index (χ1) is 12.2. The van der Waals surface area contributed by atoms with Gasteiger partial charge in [-0.1, -0.05) is 30.3 Å². The van der Waals surface area contributed by atoms with Crippen molar-refractivity contribution in [3.63, 3.8) is 0 Å². The maximum Gasteiger partial charge on any atom is 0.321 e. The summed E-state index contributed by atoms with van der Waals surface area (Å²) in [7, 11) is 3.41. The lowest BCUT2D eigenvalue weighted by Crippen LogP contribution is -2.41. The van der Waals surface area contributed by atoms with E-state index in [4.69, 9.17) is 4.74 Å². The number of hydrogen-bond acceptors (Lipinski definition) is 3. The molecule has 2 amide bonds. The van der Waals surface area contributed by atoms with Crippen LogP contribution in [0, 0.1) is 0 Å². The summed E-state index contributed by atoms with van der Waals surface area (Å²) < 4.78 is 5.19. The van der Waals surface area contributed by atoms with Crippen LogP contribution in [-0.2, 0) is 0 Å². The summed E-state index contributed by atoms with van der Waals surface area (Å²) in [6, 6.07) is 14.4. The molecule has 3 rings (SSSR count). The largest absolute Gasteiger partial charge is 0.480 e. The van der Waals surface area contributed by atoms with Crippen molar-refractivity contribution in [3.05, 3.63) is 54.2 Å². The third-order valence-corrected chi connectivity index (χ3v) is 5.04. The average molecular weight is 339 g/mol. The maximum absolute atomic E-state index is 12.6. The van der Waals surface area contributed by atoms with Gasteiger partial charge in [-0.15, -0.1) is 0 Å². The first kappa shape index (κ1) is 17.3. The molecule has 1 N–H and O–H groups in total. The Kier molecular flexibility index (Phi) is 5.53. The zero-order chi connectivity index (χ0) is 17.6. The summed E-state index contributed by atoms with van der Waals surface area (Å²) in [5, 5.41) is 2.90. The van der Waals surface area contributed by atoms with Crippen LogP contribution in [0.5, 0.6) is 5.88 Å². The van der Waals surface area contributed by atoms with Gasteiger partial charge in [0.2, 0.25) is 5.88 Å². The van der Waals surface area contributed by atoms with E-state index in [1.165, 1.54) is 5.56 Å². The van der Waals surface area contributed by atoms with Gasteiger partial charge in [-0.2, -0.15) is 0 Å². The molecule has 0 radical (unpaired) electrons. The molecule has 1 aliphatic rings. The number of methoxy groups -OCH3 is 1. The van der Waals surface area contributed by atoms with E-state index in [0.29, 0.717) is 17.5 Å². The van der Waals surface area contributed by atoms with E-state index in [2.05, 4.69) is 40.6 Å². The van der Waals surface area contributed by atoms with Gasteiger partial charge in [-0.05, 0) is 49.3 Å². The fraction of sp³-hybridized carbons (Fsp3) is 0.400. The molecular formula is C20H25N3O2. The second-order valence-electron chi connectivity index (χ2n) is 6.52. The van der Waals surface area contributed by atoms with Crippen molar-refractivity contribution in [1.82, 2.24) is 9.88 Å². The van der Waals surface area contributed by atoms with Crippen molar-refractivity contribution >= 4 is 11.7 Å². The fourth-order valence-electron chi connectivity index (χ4n) is 3.54. The van der Waals surface area contributed by atoms with Crippen molar-refractivity contribution in [3.8, 4) is 5.88 Å². The molecule has 0 unspecified atom stereocenters. The summed E-state index contributed by atoms with van der Waals surface area (Å²) in [5.41, 5.74) is 2.01. The van der Waals surface area contributed by atoms with Gasteiger partial charge in [0.15, 0.2) is 0 Å². The Hall–Kier alpha value is -2.56. The van der Waals surface area contributed by atoms with Gasteiger partial charge in [0.25, 0.3) is 0 Å². The minimum Gasteiger partial charge on any atom is -0.480 e. The zero-order valence-electron chi connectivity index (χ0n) is 14.8. The number of aromatic nitrogens is 1. The summed E-state index contributed by atoms with van der Waals surface area (Å²) >= 11 is 0. The van der Waals surface area contributed by atoms with Crippen LogP contribution >= 0.6 is 0 Å². The molecule has 5 nitrogen and oxygen atoms in total. The minimum atomic E-state index is -0.116. The maximum atomic E-state index is 12.6. The Bertz CT molecular complexity index is 697. The Balaban J connectivity index is 1.57. The lowest BCUT2D eigenvalue weighted by atomic mass is 9.81. The van der Waals surface area contributed by atoms with Gasteiger partial charge in [-0.3, -0.25) is 0 Å². The summed E-state index contributed by atoms with van der Waals surface area (Å²) in [4.78, 5) is 18.5. The number of benzene rings is 1. The monoisotopic (exact) mass is 339 g/mol. The number of anilines is 1. The molecule has 132 valence electrons. The number of hydrogen-bond donors (Lipinski definition) is 1. The molecule has 0 spiro atoms. The normalized spacial score (nSPS) is 19.9. The molecule has 0 atom stereocenters. The first-order valence-electron chi connectivity index (χ1n) is 8.77. The Morgan fingerprint density at radius 3 is 2.52 bits per heavy atom. The standard InChI is InChI=1S/C20H25N3O2/c1-23(20(24)22-18-9-6-14-21-19(18)25-2)17-12-10-16(11-13-17)15-7-4-3-5-8-15/h3-9,14,16-17H,10-13H2,1-2H3,(H,22,24). The van der Waals surface area contributed by atoms with Crippen molar-refractivity contribution < 1.29 is 9.53 Å². The molecule has 5 heteroatoms. The van der Waals surface area contributed by atoms with Gasteiger partial charge in [0.05, 0.1) is 7.11 Å². The highest BCUT2D eigenvalue weighted by Crippen LogP contribution is 2.34. The van der Waals surface area contributed by atoms with Crippen molar-refractivity contribution in [2.75, 3.05) is 19.5 Å². The second kappa shape index (κ2) is 8.01. The highest BCUT2D eigenvalue weighted by molar-refractivity contribution is 5.90. The molecule has 2 aromatic rings. The molecule has 25 heavy (non-hydrogen) atoms. The topological polar surface area (TPSA) is 54.5 Å². The van der Waals surface area contributed by atoms with Crippen LogP contribution in [0.15, 0.2) is 48.7 Å². The Morgan fingerprint density at radius 1 is 1.12 bits per heavy atom. The van der Waals surface area contributed by atoms with Gasteiger partial charge >= 0.3 is 6.03 Å². The molecule has 1 aromatic carbocycles. The first-order valence-corrected chi connectivity index (χ1v) is 8.77. The lowest BCUT2D eigenvalue weighted by molar-refractivity contribution is 0.181. The third kappa shape index (κ3) is 4.10. The number of rotatable bonds is 4. The number of ether oxygens (including phenoxy) is 1. The third-order valence-electron chi connectivity index (χ3n) is 5.04. The van der Waals surface area contributed by atoms with Crippen LogP contribution < -0.4 is 10.1 Å². The Morgan fingerprint density at radius 2 is 1.84 bits per heavy atom. The van der Waals surface area contributed by atoms with E-state index in [1.807, 2.05) is 11.9 Å². The van der Waals surface area contributed by atoms with Crippen LogP contribution in [0.25, 0.3) is 0 Å². The van der Waals surface area contributed by atoms with Gasteiger partial charge < -0.3 is 15.0 Å². The lowest BCUT2D eigenvalue weighted by Gasteiger charge is -2.35. The number of urea groups is 1. The number of carbonyl (C=O) groups excluding carboxylic acids is 1. The van der Waals surface area contributed by atoms with Crippen LogP contribution in [0.2, 0.25) is 0 Å². The van der Waals surface area contributed by atoms with Gasteiger partial charge in [-0.25, -0.2) is 9.78 Å². The molecular weight excluding hydrogens is 314 g/mol. The molecule has 1 fully saturated rings. The highest BCUT2D eigenvalue weighted by Gasteiger charge is 2.27. The summed E-state index contributed by atoms with van der Waals surface area (Å²) in [5.74, 6) is 1.03. The molecule has 0 saturated heterocycles. The predicted octanol–water partition coefficient (Wildman–Crippen LogP) is 4.28. The quantitative estimate of drug-likeness (QED) is 0.904. The van der Waals surface area contributed by atoms with Crippen molar-refractivity contribution in [2.45, 2.75) is 37.6 Å². The number of nitrogens with one attached hydrogen (secondary N) is 1. The van der Waals surface area contributed by atoms with E-state index >= 15 is 0 Å². The number of amides is 2. The highest BCUT2D eigenvalue weighted by atomic mass is 16.5. The fourth-order valence-corrected chi connectivity index (χ4v) is 3.54. The van der Waals surface area contributed by atoms with Crippen molar-refractivity contribution in [1.29, 1.82) is 0 Å². The number of nitrogens with zero attached hydrogens (tertiary/aromatic N) is 2. The van der Waals surface area contributed by atoms with E-state index in [9.17, 15) is 4.79 Å². The molecule has 0 bridgehead atoms. The van der Waals surface area contributed by atoms with E-state index < -0.39 is 0 Å². The summed E-state index contributed by atoms with van der Waals surface area (Å²) in [6.45, 7) is 0. The van der Waals surface area contributed by atoms with Crippen LogP contribution in [-0.4, -0.2) is 36.1 Å². The minimum absolute atomic E-state index is 0.116. The predicted molar refractivity (Wildman–Crippen MR) is 99.0 cm³/mol. The molecule has 1 aliphatic carbocycles. The second-order valence-corrected chi connectivity index (χ2v) is 6.52. The molecule has 1 saturated carbocycles.